The van der Waals surface area contributed by atoms with Gasteiger partial charge in [-0.2, -0.15) is 0 Å². The Morgan fingerprint density at radius 3 is 2.75 bits per heavy atom. The minimum atomic E-state index is -1.03. The van der Waals surface area contributed by atoms with Gasteiger partial charge in [-0.1, -0.05) is 11.3 Å². The molecule has 6 heteroatoms. The minimum Gasteiger partial charge on any atom is -0.478 e. The van der Waals surface area contributed by atoms with Gasteiger partial charge >= 0.3 is 5.97 Å². The normalized spacial score (nSPS) is 10.9. The fraction of sp³-hybridized carbons (Fsp3) is 0.0714. The van der Waals surface area contributed by atoms with Crippen LogP contribution in [0.3, 0.4) is 0 Å². The number of nitrogens with zero attached hydrogens (tertiary/aromatic N) is 3. The monoisotopic (exact) mass is 271 g/mol. The lowest BCUT2D eigenvalue weighted by Crippen LogP contribution is -2.00. The van der Waals surface area contributed by atoms with E-state index in [4.69, 9.17) is 5.11 Å². The highest BCUT2D eigenvalue weighted by atomic mass is 19.1. The van der Waals surface area contributed by atoms with Crippen LogP contribution in [0.2, 0.25) is 0 Å². The molecule has 0 aliphatic heterocycles. The Morgan fingerprint density at radius 1 is 1.25 bits per heavy atom. The van der Waals surface area contributed by atoms with Crippen molar-refractivity contribution in [3.05, 3.63) is 53.3 Å². The van der Waals surface area contributed by atoms with Crippen LogP contribution in [0.1, 0.15) is 15.9 Å². The number of benzene rings is 2. The lowest BCUT2D eigenvalue weighted by molar-refractivity contribution is 0.0697. The molecular weight excluding hydrogens is 261 g/mol. The summed E-state index contributed by atoms with van der Waals surface area (Å²) in [6.07, 6.45) is 0. The van der Waals surface area contributed by atoms with Gasteiger partial charge in [0.15, 0.2) is 0 Å². The Morgan fingerprint density at radius 2 is 2.05 bits per heavy atom. The second-order valence-electron chi connectivity index (χ2n) is 4.44. The summed E-state index contributed by atoms with van der Waals surface area (Å²) in [5, 5.41) is 16.9. The van der Waals surface area contributed by atoms with Crippen LogP contribution in [-0.2, 0) is 0 Å². The molecule has 100 valence electrons. The van der Waals surface area contributed by atoms with Crippen molar-refractivity contribution in [3.8, 4) is 5.69 Å². The molecule has 0 saturated carbocycles. The van der Waals surface area contributed by atoms with Crippen molar-refractivity contribution in [1.82, 2.24) is 15.0 Å². The second kappa shape index (κ2) is 4.41. The van der Waals surface area contributed by atoms with Gasteiger partial charge in [-0.25, -0.2) is 13.9 Å². The average Bonchev–Trinajstić information content (AvgIpc) is 2.84. The third-order valence-corrected chi connectivity index (χ3v) is 3.09. The van der Waals surface area contributed by atoms with E-state index >= 15 is 0 Å². The third-order valence-electron chi connectivity index (χ3n) is 3.09. The van der Waals surface area contributed by atoms with Crippen molar-refractivity contribution in [2.24, 2.45) is 0 Å². The molecule has 0 saturated heterocycles. The van der Waals surface area contributed by atoms with Crippen molar-refractivity contribution >= 4 is 17.0 Å². The predicted molar refractivity (Wildman–Crippen MR) is 70.5 cm³/mol. The van der Waals surface area contributed by atoms with E-state index in [2.05, 4.69) is 10.3 Å². The summed E-state index contributed by atoms with van der Waals surface area (Å²) in [7, 11) is 0. The number of hydrogen-bond acceptors (Lipinski definition) is 3. The van der Waals surface area contributed by atoms with E-state index in [0.29, 0.717) is 22.3 Å². The summed E-state index contributed by atoms with van der Waals surface area (Å²) in [6, 6.07) is 9.19. The van der Waals surface area contributed by atoms with Crippen molar-refractivity contribution < 1.29 is 14.3 Å². The topological polar surface area (TPSA) is 68.0 Å². The van der Waals surface area contributed by atoms with E-state index in [9.17, 15) is 9.18 Å². The zero-order valence-corrected chi connectivity index (χ0v) is 10.5. The molecule has 0 amide bonds. The molecule has 3 rings (SSSR count). The fourth-order valence-electron chi connectivity index (χ4n) is 1.96. The summed E-state index contributed by atoms with van der Waals surface area (Å²) in [4.78, 5) is 11.0. The number of rotatable bonds is 2. The molecular formula is C14H10FN3O2. The highest BCUT2D eigenvalue weighted by Crippen LogP contribution is 2.19. The van der Waals surface area contributed by atoms with Crippen molar-refractivity contribution in [3.63, 3.8) is 0 Å². The Labute approximate surface area is 113 Å². The van der Waals surface area contributed by atoms with Crippen LogP contribution in [0.4, 0.5) is 4.39 Å². The van der Waals surface area contributed by atoms with E-state index in [0.717, 1.165) is 0 Å². The van der Waals surface area contributed by atoms with Crippen LogP contribution < -0.4 is 0 Å². The predicted octanol–water partition coefficient (Wildman–Crippen LogP) is 2.57. The van der Waals surface area contributed by atoms with Gasteiger partial charge in [0.25, 0.3) is 0 Å². The Hall–Kier alpha value is -2.76. The lowest BCUT2D eigenvalue weighted by atomic mass is 10.2. The molecule has 1 aromatic heterocycles. The molecule has 20 heavy (non-hydrogen) atoms. The van der Waals surface area contributed by atoms with E-state index in [-0.39, 0.29) is 11.4 Å². The first kappa shape index (κ1) is 12.3. The molecule has 0 spiro atoms. The number of aryl methyl sites for hydroxylation is 1. The summed E-state index contributed by atoms with van der Waals surface area (Å²) < 4.78 is 15.0. The van der Waals surface area contributed by atoms with Gasteiger partial charge in [0.05, 0.1) is 16.8 Å². The van der Waals surface area contributed by atoms with Gasteiger partial charge in [0.1, 0.15) is 11.3 Å². The molecule has 0 fully saturated rings. The van der Waals surface area contributed by atoms with Gasteiger partial charge < -0.3 is 5.11 Å². The first-order chi connectivity index (χ1) is 9.56. The van der Waals surface area contributed by atoms with Crippen LogP contribution in [0.25, 0.3) is 16.7 Å². The minimum absolute atomic E-state index is 0.133. The van der Waals surface area contributed by atoms with E-state index in [1.807, 2.05) is 0 Å². The van der Waals surface area contributed by atoms with Gasteiger partial charge in [-0.05, 0) is 42.8 Å². The van der Waals surface area contributed by atoms with Crippen LogP contribution >= 0.6 is 0 Å². The third kappa shape index (κ3) is 1.91. The molecule has 0 aliphatic rings. The van der Waals surface area contributed by atoms with Gasteiger partial charge in [-0.15, -0.1) is 5.10 Å². The molecule has 0 atom stereocenters. The van der Waals surface area contributed by atoms with Gasteiger partial charge in [-0.3, -0.25) is 0 Å². The maximum atomic E-state index is 13.6. The van der Waals surface area contributed by atoms with E-state index in [1.54, 1.807) is 25.1 Å². The number of carboxylic acid groups (broad SMARTS) is 1. The molecule has 0 unspecified atom stereocenters. The van der Waals surface area contributed by atoms with Gasteiger partial charge in [0, 0.05) is 0 Å². The maximum absolute atomic E-state index is 13.6. The molecule has 1 N–H and O–H groups in total. The molecule has 0 radical (unpaired) electrons. The number of hydrogen-bond donors (Lipinski definition) is 1. The van der Waals surface area contributed by atoms with E-state index in [1.165, 1.54) is 22.9 Å². The highest BCUT2D eigenvalue weighted by molar-refractivity contribution is 5.92. The fourth-order valence-corrected chi connectivity index (χ4v) is 1.96. The first-order valence-electron chi connectivity index (χ1n) is 5.91. The number of fused-ring (bicyclic) bond motifs is 1. The number of aromatic carboxylic acids is 1. The Kier molecular flexibility index (Phi) is 2.71. The molecule has 3 aromatic rings. The Balaban J connectivity index is 2.22. The summed E-state index contributed by atoms with van der Waals surface area (Å²) in [5.74, 6) is -1.38. The summed E-state index contributed by atoms with van der Waals surface area (Å²) in [5.41, 5.74) is 2.24. The van der Waals surface area contributed by atoms with E-state index < -0.39 is 5.97 Å². The van der Waals surface area contributed by atoms with Crippen LogP contribution in [0.15, 0.2) is 36.4 Å². The van der Waals surface area contributed by atoms with Crippen LogP contribution in [-0.4, -0.2) is 26.1 Å². The quantitative estimate of drug-likeness (QED) is 0.777. The molecule has 1 heterocycles. The van der Waals surface area contributed by atoms with Crippen molar-refractivity contribution in [2.75, 3.05) is 0 Å². The number of aromatic nitrogens is 3. The molecule has 5 nitrogen and oxygen atoms in total. The number of carbonyl (C=O) groups is 1. The first-order valence-corrected chi connectivity index (χ1v) is 5.91. The zero-order valence-electron chi connectivity index (χ0n) is 10.5. The molecule has 2 aromatic carbocycles. The highest BCUT2D eigenvalue weighted by Gasteiger charge is 2.11. The SMILES string of the molecule is Cc1ccc(-n2nnc3ccc(C(=O)O)cc32)cc1F. The number of carboxylic acids is 1. The average molecular weight is 271 g/mol. The summed E-state index contributed by atoms with van der Waals surface area (Å²) >= 11 is 0. The largest absolute Gasteiger partial charge is 0.478 e. The standard InChI is InChI=1S/C14H10FN3O2/c1-8-2-4-10(7-11(8)15)18-13-6-9(14(19)20)3-5-12(13)16-17-18/h2-7H,1H3,(H,19,20). The zero-order chi connectivity index (χ0) is 14.3. The number of halogens is 1. The van der Waals surface area contributed by atoms with Crippen LogP contribution in [0, 0.1) is 12.7 Å². The second-order valence-corrected chi connectivity index (χ2v) is 4.44. The van der Waals surface area contributed by atoms with Crippen LogP contribution in [0.5, 0.6) is 0 Å². The van der Waals surface area contributed by atoms with Crippen molar-refractivity contribution in [2.45, 2.75) is 6.92 Å². The smallest absolute Gasteiger partial charge is 0.335 e. The molecule has 0 aliphatic carbocycles. The summed E-state index contributed by atoms with van der Waals surface area (Å²) in [6.45, 7) is 1.67. The van der Waals surface area contributed by atoms with Crippen molar-refractivity contribution in [1.29, 1.82) is 0 Å². The van der Waals surface area contributed by atoms with Gasteiger partial charge in [0.2, 0.25) is 0 Å². The Bertz CT molecular complexity index is 826. The lowest BCUT2D eigenvalue weighted by Gasteiger charge is -2.04. The maximum Gasteiger partial charge on any atom is 0.335 e. The molecule has 0 bridgehead atoms.